The Bertz CT molecular complexity index is 716. The molecule has 2 heterocycles. The highest BCUT2D eigenvalue weighted by Gasteiger charge is 2.27. The Morgan fingerprint density at radius 1 is 1.44 bits per heavy atom. The molecule has 1 atom stereocenters. The molecule has 0 spiro atoms. The Hall–Kier alpha value is -1.85. The lowest BCUT2D eigenvalue weighted by Crippen LogP contribution is -2.41. The largest absolute Gasteiger partial charge is 0.445 e. The van der Waals surface area contributed by atoms with E-state index < -0.39 is 0 Å². The number of halogens is 1. The number of piperidine rings is 1. The van der Waals surface area contributed by atoms with E-state index in [1.165, 1.54) is 0 Å². The first-order chi connectivity index (χ1) is 12.2. The molecule has 1 saturated heterocycles. The summed E-state index contributed by atoms with van der Waals surface area (Å²) in [6.07, 6.45) is 4.31. The van der Waals surface area contributed by atoms with Gasteiger partial charge in [0.2, 0.25) is 5.91 Å². The number of ether oxygens (including phenoxy) is 1. The molecule has 1 aliphatic rings. The second kappa shape index (κ2) is 8.50. The third-order valence-corrected chi connectivity index (χ3v) is 4.82. The van der Waals surface area contributed by atoms with Crippen LogP contribution >= 0.6 is 11.6 Å². The second-order valence-electron chi connectivity index (χ2n) is 6.25. The maximum Gasteiger partial charge on any atom is 0.248 e. The third-order valence-electron chi connectivity index (χ3n) is 4.45. The number of hydrogen-bond acceptors (Lipinski definition) is 4. The van der Waals surface area contributed by atoms with Crippen molar-refractivity contribution in [2.24, 2.45) is 0 Å². The first-order valence-electron chi connectivity index (χ1n) is 8.71. The SMILES string of the molecule is CCOCC(=O)N1CCC[C@@H](c2ncc(Cc3ccccc3Cl)o2)C1. The molecule has 1 aliphatic heterocycles. The summed E-state index contributed by atoms with van der Waals surface area (Å²) in [5, 5.41) is 0.728. The van der Waals surface area contributed by atoms with Gasteiger partial charge in [0.25, 0.3) is 0 Å². The lowest BCUT2D eigenvalue weighted by molar-refractivity contribution is -0.137. The van der Waals surface area contributed by atoms with Gasteiger partial charge in [0.15, 0.2) is 5.89 Å². The van der Waals surface area contributed by atoms with Crippen molar-refractivity contribution in [3.8, 4) is 0 Å². The number of amides is 1. The van der Waals surface area contributed by atoms with Gasteiger partial charge in [-0.1, -0.05) is 29.8 Å². The van der Waals surface area contributed by atoms with Crippen LogP contribution in [-0.4, -0.2) is 42.1 Å². The number of nitrogens with zero attached hydrogens (tertiary/aromatic N) is 2. The van der Waals surface area contributed by atoms with Crippen LogP contribution in [0.2, 0.25) is 5.02 Å². The van der Waals surface area contributed by atoms with E-state index in [4.69, 9.17) is 20.8 Å². The highest BCUT2D eigenvalue weighted by atomic mass is 35.5. The number of carbonyl (C=O) groups is 1. The smallest absolute Gasteiger partial charge is 0.248 e. The van der Waals surface area contributed by atoms with Gasteiger partial charge in [-0.2, -0.15) is 0 Å². The van der Waals surface area contributed by atoms with E-state index in [9.17, 15) is 4.79 Å². The number of oxazole rings is 1. The quantitative estimate of drug-likeness (QED) is 0.786. The molecular weight excluding hydrogens is 340 g/mol. The molecule has 6 heteroatoms. The molecule has 0 N–H and O–H groups in total. The van der Waals surface area contributed by atoms with Crippen molar-refractivity contribution in [3.05, 3.63) is 52.7 Å². The van der Waals surface area contributed by atoms with Crippen molar-refractivity contribution in [2.45, 2.75) is 32.1 Å². The van der Waals surface area contributed by atoms with Crippen molar-refractivity contribution in [1.29, 1.82) is 0 Å². The third kappa shape index (κ3) is 4.61. The predicted molar refractivity (Wildman–Crippen MR) is 95.8 cm³/mol. The average molecular weight is 363 g/mol. The monoisotopic (exact) mass is 362 g/mol. The van der Waals surface area contributed by atoms with Gasteiger partial charge in [0, 0.05) is 31.1 Å². The van der Waals surface area contributed by atoms with Gasteiger partial charge in [-0.25, -0.2) is 4.98 Å². The molecular formula is C19H23ClN2O3. The van der Waals surface area contributed by atoms with Crippen molar-refractivity contribution in [1.82, 2.24) is 9.88 Å². The van der Waals surface area contributed by atoms with Crippen molar-refractivity contribution < 1.29 is 13.9 Å². The Morgan fingerprint density at radius 3 is 3.08 bits per heavy atom. The summed E-state index contributed by atoms with van der Waals surface area (Å²) in [6.45, 7) is 3.99. The molecule has 5 nitrogen and oxygen atoms in total. The fourth-order valence-corrected chi connectivity index (χ4v) is 3.31. The Kier molecular flexibility index (Phi) is 6.10. The van der Waals surface area contributed by atoms with Crippen LogP contribution in [0.4, 0.5) is 0 Å². The zero-order valence-electron chi connectivity index (χ0n) is 14.4. The number of rotatable bonds is 6. The summed E-state index contributed by atoms with van der Waals surface area (Å²) in [5.41, 5.74) is 1.02. The summed E-state index contributed by atoms with van der Waals surface area (Å²) in [6, 6.07) is 7.73. The summed E-state index contributed by atoms with van der Waals surface area (Å²) in [4.78, 5) is 18.4. The topological polar surface area (TPSA) is 55.6 Å². The Labute approximate surface area is 152 Å². The maximum atomic E-state index is 12.2. The van der Waals surface area contributed by atoms with Crippen LogP contribution in [0.25, 0.3) is 0 Å². The predicted octanol–water partition coefficient (Wildman–Crippen LogP) is 3.66. The fraction of sp³-hybridized carbons (Fsp3) is 0.474. The zero-order valence-corrected chi connectivity index (χ0v) is 15.2. The minimum Gasteiger partial charge on any atom is -0.445 e. The highest BCUT2D eigenvalue weighted by molar-refractivity contribution is 6.31. The van der Waals surface area contributed by atoms with E-state index in [0.29, 0.717) is 25.5 Å². The molecule has 0 aliphatic carbocycles. The average Bonchev–Trinajstić information content (AvgIpc) is 3.10. The Balaban J connectivity index is 1.63. The minimum atomic E-state index is 0.0365. The number of carbonyl (C=O) groups excluding carboxylic acids is 1. The molecule has 0 radical (unpaired) electrons. The number of aromatic nitrogens is 1. The molecule has 3 rings (SSSR count). The summed E-state index contributed by atoms with van der Waals surface area (Å²) < 4.78 is 11.2. The molecule has 0 bridgehead atoms. The summed E-state index contributed by atoms with van der Waals surface area (Å²) >= 11 is 6.21. The lowest BCUT2D eigenvalue weighted by Gasteiger charge is -2.31. The van der Waals surface area contributed by atoms with Crippen LogP contribution < -0.4 is 0 Å². The van der Waals surface area contributed by atoms with Gasteiger partial charge in [-0.3, -0.25) is 4.79 Å². The molecule has 0 unspecified atom stereocenters. The summed E-state index contributed by atoms with van der Waals surface area (Å²) in [7, 11) is 0. The van der Waals surface area contributed by atoms with Crippen molar-refractivity contribution in [3.63, 3.8) is 0 Å². The van der Waals surface area contributed by atoms with Gasteiger partial charge >= 0.3 is 0 Å². The number of hydrogen-bond donors (Lipinski definition) is 0. The van der Waals surface area contributed by atoms with Crippen LogP contribution in [0, 0.1) is 0 Å². The van der Waals surface area contributed by atoms with Gasteiger partial charge in [0.1, 0.15) is 12.4 Å². The van der Waals surface area contributed by atoms with E-state index in [1.54, 1.807) is 6.20 Å². The second-order valence-corrected chi connectivity index (χ2v) is 6.66. The standard InChI is InChI=1S/C19H23ClN2O3/c1-2-24-13-18(23)22-9-5-7-15(12-22)19-21-11-16(25-19)10-14-6-3-4-8-17(14)20/h3-4,6,8,11,15H,2,5,7,9-10,12-13H2,1H3/t15-/m1/s1. The molecule has 1 aromatic carbocycles. The zero-order chi connectivity index (χ0) is 17.6. The molecule has 1 fully saturated rings. The van der Waals surface area contributed by atoms with Crippen LogP contribution in [0.5, 0.6) is 0 Å². The lowest BCUT2D eigenvalue weighted by atomic mass is 9.98. The van der Waals surface area contributed by atoms with Gasteiger partial charge < -0.3 is 14.1 Å². The van der Waals surface area contributed by atoms with E-state index in [-0.39, 0.29) is 18.4 Å². The maximum absolute atomic E-state index is 12.2. The van der Waals surface area contributed by atoms with Crippen LogP contribution in [0.15, 0.2) is 34.9 Å². The van der Waals surface area contributed by atoms with Crippen LogP contribution in [0.1, 0.15) is 42.9 Å². The van der Waals surface area contributed by atoms with Crippen molar-refractivity contribution >= 4 is 17.5 Å². The van der Waals surface area contributed by atoms with Crippen LogP contribution in [0.3, 0.4) is 0 Å². The van der Waals surface area contributed by atoms with E-state index in [1.807, 2.05) is 36.1 Å². The van der Waals surface area contributed by atoms with E-state index in [2.05, 4.69) is 4.98 Å². The minimum absolute atomic E-state index is 0.0365. The Morgan fingerprint density at radius 2 is 2.28 bits per heavy atom. The normalized spacial score (nSPS) is 17.7. The first kappa shape index (κ1) is 18.0. The van der Waals surface area contributed by atoms with Gasteiger partial charge in [0.05, 0.1) is 12.1 Å². The molecule has 1 amide bonds. The van der Waals surface area contributed by atoms with E-state index >= 15 is 0 Å². The molecule has 2 aromatic rings. The fourth-order valence-electron chi connectivity index (χ4n) is 3.11. The first-order valence-corrected chi connectivity index (χ1v) is 9.08. The molecule has 25 heavy (non-hydrogen) atoms. The number of benzene rings is 1. The highest BCUT2D eigenvalue weighted by Crippen LogP contribution is 2.28. The van der Waals surface area contributed by atoms with E-state index in [0.717, 1.165) is 35.7 Å². The summed E-state index contributed by atoms with van der Waals surface area (Å²) in [5.74, 6) is 1.67. The molecule has 1 aromatic heterocycles. The number of likely N-dealkylation sites (tertiary alicyclic amines) is 1. The molecule has 0 saturated carbocycles. The van der Waals surface area contributed by atoms with Gasteiger partial charge in [-0.15, -0.1) is 0 Å². The van der Waals surface area contributed by atoms with Crippen molar-refractivity contribution in [2.75, 3.05) is 26.3 Å². The van der Waals surface area contributed by atoms with Gasteiger partial charge in [-0.05, 0) is 31.4 Å². The van der Waals surface area contributed by atoms with Crippen LogP contribution in [-0.2, 0) is 16.0 Å². The molecule has 134 valence electrons.